The van der Waals surface area contributed by atoms with Crippen LogP contribution in [0.4, 0.5) is 5.69 Å². The lowest BCUT2D eigenvalue weighted by molar-refractivity contribution is -0.112. The second kappa shape index (κ2) is 6.80. The Bertz CT molecular complexity index is 975. The first-order valence-corrected chi connectivity index (χ1v) is 7.65. The van der Waals surface area contributed by atoms with Gasteiger partial charge in [-0.3, -0.25) is 4.79 Å². The van der Waals surface area contributed by atoms with Crippen molar-refractivity contribution < 1.29 is 4.79 Å². The Morgan fingerprint density at radius 2 is 1.79 bits per heavy atom. The Labute approximate surface area is 140 Å². The van der Waals surface area contributed by atoms with E-state index in [1.54, 1.807) is 12.1 Å². The van der Waals surface area contributed by atoms with Crippen LogP contribution in [-0.4, -0.2) is 5.91 Å². The second-order valence-electron chi connectivity index (χ2n) is 5.56. The van der Waals surface area contributed by atoms with Crippen LogP contribution in [0.1, 0.15) is 11.1 Å². The molecular weight excluding hydrogens is 296 g/mol. The van der Waals surface area contributed by atoms with E-state index in [0.29, 0.717) is 5.69 Å². The Kier molecular flexibility index (Phi) is 4.40. The summed E-state index contributed by atoms with van der Waals surface area (Å²) >= 11 is 0. The van der Waals surface area contributed by atoms with Crippen molar-refractivity contribution in [2.45, 2.75) is 6.92 Å². The number of nitrogens with zero attached hydrogens (tertiary/aromatic N) is 1. The van der Waals surface area contributed by atoms with Crippen LogP contribution in [0.5, 0.6) is 0 Å². The molecule has 0 unspecified atom stereocenters. The molecule has 3 nitrogen and oxygen atoms in total. The van der Waals surface area contributed by atoms with Gasteiger partial charge in [-0.2, -0.15) is 5.26 Å². The molecule has 0 aliphatic carbocycles. The van der Waals surface area contributed by atoms with E-state index >= 15 is 0 Å². The number of benzene rings is 3. The first-order chi connectivity index (χ1) is 11.7. The van der Waals surface area contributed by atoms with Gasteiger partial charge in [-0.1, -0.05) is 54.6 Å². The zero-order valence-electron chi connectivity index (χ0n) is 13.3. The van der Waals surface area contributed by atoms with E-state index in [1.807, 2.05) is 73.7 Å². The minimum absolute atomic E-state index is 0.0767. The molecule has 0 fully saturated rings. The predicted molar refractivity (Wildman–Crippen MR) is 97.3 cm³/mol. The molecule has 0 aromatic heterocycles. The van der Waals surface area contributed by atoms with Crippen LogP contribution in [0.15, 0.2) is 72.3 Å². The number of anilines is 1. The number of aryl methyl sites for hydroxylation is 1. The molecule has 3 aromatic rings. The number of carbonyl (C=O) groups is 1. The van der Waals surface area contributed by atoms with Gasteiger partial charge in [0, 0.05) is 5.69 Å². The van der Waals surface area contributed by atoms with Crippen molar-refractivity contribution in [3.63, 3.8) is 0 Å². The third-order valence-electron chi connectivity index (χ3n) is 3.76. The molecule has 0 aliphatic rings. The summed E-state index contributed by atoms with van der Waals surface area (Å²) in [6.45, 7) is 1.95. The summed E-state index contributed by atoms with van der Waals surface area (Å²) in [5.74, 6) is -0.406. The zero-order valence-corrected chi connectivity index (χ0v) is 13.3. The highest BCUT2D eigenvalue weighted by atomic mass is 16.1. The topological polar surface area (TPSA) is 52.9 Å². The number of carbonyl (C=O) groups excluding carboxylic acids is 1. The SMILES string of the molecule is Cc1cccc(NC(=O)/C(C#N)=C/c2cccc3ccccc23)c1. The maximum Gasteiger partial charge on any atom is 0.266 e. The molecule has 0 heterocycles. The molecule has 0 radical (unpaired) electrons. The van der Waals surface area contributed by atoms with Crippen molar-refractivity contribution in [2.75, 3.05) is 5.32 Å². The third kappa shape index (κ3) is 3.34. The fourth-order valence-electron chi connectivity index (χ4n) is 2.60. The van der Waals surface area contributed by atoms with E-state index < -0.39 is 5.91 Å². The van der Waals surface area contributed by atoms with Crippen molar-refractivity contribution in [3.05, 3.63) is 83.4 Å². The van der Waals surface area contributed by atoms with Crippen LogP contribution in [0.25, 0.3) is 16.8 Å². The molecule has 24 heavy (non-hydrogen) atoms. The molecule has 0 bridgehead atoms. The summed E-state index contributed by atoms with van der Waals surface area (Å²) in [6.07, 6.45) is 1.63. The van der Waals surface area contributed by atoms with Crippen LogP contribution in [0.3, 0.4) is 0 Å². The lowest BCUT2D eigenvalue weighted by Gasteiger charge is -2.06. The van der Waals surface area contributed by atoms with Gasteiger partial charge in [-0.05, 0) is 47.0 Å². The molecule has 0 spiro atoms. The molecule has 116 valence electrons. The number of hydrogen-bond donors (Lipinski definition) is 1. The smallest absolute Gasteiger partial charge is 0.266 e. The van der Waals surface area contributed by atoms with Crippen LogP contribution in [0.2, 0.25) is 0 Å². The molecule has 0 atom stereocenters. The first-order valence-electron chi connectivity index (χ1n) is 7.65. The molecule has 3 aromatic carbocycles. The summed E-state index contributed by atoms with van der Waals surface area (Å²) in [5, 5.41) is 14.2. The minimum atomic E-state index is -0.406. The lowest BCUT2D eigenvalue weighted by atomic mass is 10.0. The summed E-state index contributed by atoms with van der Waals surface area (Å²) < 4.78 is 0. The van der Waals surface area contributed by atoms with E-state index in [1.165, 1.54) is 0 Å². The molecule has 1 amide bonds. The van der Waals surface area contributed by atoms with Crippen molar-refractivity contribution in [2.24, 2.45) is 0 Å². The number of amides is 1. The normalized spacial score (nSPS) is 11.1. The quantitative estimate of drug-likeness (QED) is 0.563. The average Bonchev–Trinajstić information content (AvgIpc) is 2.59. The lowest BCUT2D eigenvalue weighted by Crippen LogP contribution is -2.13. The van der Waals surface area contributed by atoms with E-state index in [2.05, 4.69) is 5.32 Å². The second-order valence-corrected chi connectivity index (χ2v) is 5.56. The molecular formula is C21H16N2O. The minimum Gasteiger partial charge on any atom is -0.321 e. The number of nitriles is 1. The summed E-state index contributed by atoms with van der Waals surface area (Å²) in [5.41, 5.74) is 2.65. The van der Waals surface area contributed by atoms with E-state index in [9.17, 15) is 10.1 Å². The van der Waals surface area contributed by atoms with E-state index in [4.69, 9.17) is 0 Å². The van der Waals surface area contributed by atoms with Crippen molar-refractivity contribution in [1.82, 2.24) is 0 Å². The van der Waals surface area contributed by atoms with Gasteiger partial charge in [0.1, 0.15) is 11.6 Å². The Morgan fingerprint density at radius 3 is 2.58 bits per heavy atom. The van der Waals surface area contributed by atoms with Crippen molar-refractivity contribution in [3.8, 4) is 6.07 Å². The molecule has 0 saturated carbocycles. The largest absolute Gasteiger partial charge is 0.321 e. The van der Waals surface area contributed by atoms with Gasteiger partial charge in [-0.15, -0.1) is 0 Å². The van der Waals surface area contributed by atoms with Crippen LogP contribution >= 0.6 is 0 Å². The average molecular weight is 312 g/mol. The van der Waals surface area contributed by atoms with Crippen LogP contribution in [-0.2, 0) is 4.79 Å². The van der Waals surface area contributed by atoms with Crippen LogP contribution < -0.4 is 5.32 Å². The molecule has 3 rings (SSSR count). The Hall–Kier alpha value is -3.38. The van der Waals surface area contributed by atoms with E-state index in [0.717, 1.165) is 21.9 Å². The Morgan fingerprint density at radius 1 is 1.04 bits per heavy atom. The molecule has 0 saturated heterocycles. The predicted octanol–water partition coefficient (Wildman–Crippen LogP) is 4.69. The fourth-order valence-corrected chi connectivity index (χ4v) is 2.60. The first kappa shape index (κ1) is 15.5. The van der Waals surface area contributed by atoms with Crippen molar-refractivity contribution in [1.29, 1.82) is 5.26 Å². The number of fused-ring (bicyclic) bond motifs is 1. The fraction of sp³-hybridized carbons (Fsp3) is 0.0476. The number of hydrogen-bond acceptors (Lipinski definition) is 2. The highest BCUT2D eigenvalue weighted by molar-refractivity contribution is 6.10. The summed E-state index contributed by atoms with van der Waals surface area (Å²) in [6, 6.07) is 23.2. The summed E-state index contributed by atoms with van der Waals surface area (Å²) in [7, 11) is 0. The van der Waals surface area contributed by atoms with E-state index in [-0.39, 0.29) is 5.57 Å². The zero-order chi connectivity index (χ0) is 16.9. The number of nitrogens with one attached hydrogen (secondary N) is 1. The van der Waals surface area contributed by atoms with Crippen LogP contribution in [0, 0.1) is 18.3 Å². The third-order valence-corrected chi connectivity index (χ3v) is 3.76. The Balaban J connectivity index is 1.94. The molecule has 1 N–H and O–H groups in total. The highest BCUT2D eigenvalue weighted by Gasteiger charge is 2.10. The standard InChI is InChI=1S/C21H16N2O/c1-15-6-4-10-19(12-15)23-21(24)18(14-22)13-17-9-5-8-16-7-2-3-11-20(16)17/h2-13H,1H3,(H,23,24)/b18-13+. The highest BCUT2D eigenvalue weighted by Crippen LogP contribution is 2.21. The maximum absolute atomic E-state index is 12.4. The molecule has 0 aliphatic heterocycles. The van der Waals surface area contributed by atoms with Gasteiger partial charge >= 0.3 is 0 Å². The monoisotopic (exact) mass is 312 g/mol. The van der Waals surface area contributed by atoms with Gasteiger partial charge in [0.05, 0.1) is 0 Å². The van der Waals surface area contributed by atoms with Gasteiger partial charge < -0.3 is 5.32 Å². The summed E-state index contributed by atoms with van der Waals surface area (Å²) in [4.78, 5) is 12.4. The number of rotatable bonds is 3. The molecule has 3 heteroatoms. The van der Waals surface area contributed by atoms with Gasteiger partial charge in [0.2, 0.25) is 0 Å². The van der Waals surface area contributed by atoms with Gasteiger partial charge in [0.25, 0.3) is 5.91 Å². The van der Waals surface area contributed by atoms with Crippen molar-refractivity contribution >= 4 is 28.4 Å². The van der Waals surface area contributed by atoms with Gasteiger partial charge in [-0.25, -0.2) is 0 Å². The van der Waals surface area contributed by atoms with Gasteiger partial charge in [0.15, 0.2) is 0 Å². The maximum atomic E-state index is 12.4.